The molecule has 0 spiro atoms. The molecule has 38 heavy (non-hydrogen) atoms. The topological polar surface area (TPSA) is 93.7 Å². The van der Waals surface area contributed by atoms with Gasteiger partial charge in [-0.15, -0.1) is 0 Å². The third kappa shape index (κ3) is 9.63. The van der Waals surface area contributed by atoms with E-state index >= 15 is 0 Å². The second-order valence-electron chi connectivity index (χ2n) is 11.6. The summed E-state index contributed by atoms with van der Waals surface area (Å²) in [5, 5.41) is 8.18. The van der Waals surface area contributed by atoms with Gasteiger partial charge in [0.25, 0.3) is 0 Å². The molecule has 8 heteroatoms. The fraction of sp³-hybridized carbons (Fsp3) is 0.500. The Kier molecular flexibility index (Phi) is 11.1. The monoisotopic (exact) mass is 540 g/mol. The first-order valence-corrected chi connectivity index (χ1v) is 15.6. The molecule has 0 bridgehead atoms. The Morgan fingerprint density at radius 1 is 0.816 bits per heavy atom. The minimum Gasteiger partial charge on any atom is -0.459 e. The van der Waals surface area contributed by atoms with Gasteiger partial charge in [-0.25, -0.2) is 4.79 Å². The molecule has 2 N–H and O–H groups in total. The van der Waals surface area contributed by atoms with E-state index in [4.69, 9.17) is 9.47 Å². The average molecular weight is 541 g/mol. The number of benzene rings is 2. The fourth-order valence-electron chi connectivity index (χ4n) is 4.63. The maximum Gasteiger partial charge on any atom is 0.407 e. The second-order valence-corrected chi connectivity index (χ2v) is 15.8. The normalized spacial score (nSPS) is 12.8. The van der Waals surface area contributed by atoms with Crippen LogP contribution in [0, 0.1) is 0 Å². The molecule has 0 radical (unpaired) electrons. The van der Waals surface area contributed by atoms with Crippen LogP contribution in [0.3, 0.4) is 0 Å². The summed E-state index contributed by atoms with van der Waals surface area (Å²) in [5.74, 6) is -0.706. The van der Waals surface area contributed by atoms with Gasteiger partial charge in [-0.3, -0.25) is 9.59 Å². The largest absolute Gasteiger partial charge is 0.459 e. The number of rotatable bonds is 11. The van der Waals surface area contributed by atoms with Crippen LogP contribution in [0.5, 0.6) is 0 Å². The van der Waals surface area contributed by atoms with E-state index in [1.54, 1.807) is 20.8 Å². The number of amides is 2. The van der Waals surface area contributed by atoms with Crippen LogP contribution in [0.4, 0.5) is 4.79 Å². The zero-order valence-corrected chi connectivity index (χ0v) is 24.9. The highest BCUT2D eigenvalue weighted by Gasteiger charge is 2.45. The second kappa shape index (κ2) is 13.6. The highest BCUT2D eigenvalue weighted by molar-refractivity contribution is 7.03. The third-order valence-electron chi connectivity index (χ3n) is 6.04. The van der Waals surface area contributed by atoms with Gasteiger partial charge in [0.05, 0.1) is 0 Å². The van der Waals surface area contributed by atoms with E-state index in [0.29, 0.717) is 6.04 Å². The summed E-state index contributed by atoms with van der Waals surface area (Å²) in [6.07, 6.45) is 1.32. The van der Waals surface area contributed by atoms with Gasteiger partial charge in [0, 0.05) is 12.1 Å². The highest BCUT2D eigenvalue weighted by Crippen LogP contribution is 2.23. The molecule has 1 atom stereocenters. The molecule has 0 aliphatic heterocycles. The zero-order valence-electron chi connectivity index (χ0n) is 23.9. The summed E-state index contributed by atoms with van der Waals surface area (Å²) in [7, 11) is -2.78. The number of esters is 1. The molecule has 0 fully saturated rings. The maximum atomic E-state index is 13.0. The summed E-state index contributed by atoms with van der Waals surface area (Å²) in [6.45, 7) is 12.8. The lowest BCUT2D eigenvalue weighted by Crippen LogP contribution is -2.71. The molecule has 0 aliphatic rings. The number of ether oxygens (including phenoxy) is 2. The molecule has 2 aromatic rings. The van der Waals surface area contributed by atoms with Gasteiger partial charge >= 0.3 is 12.1 Å². The Hall–Kier alpha value is -3.13. The molecule has 0 unspecified atom stereocenters. The molecule has 0 saturated carbocycles. The Morgan fingerprint density at radius 3 is 1.76 bits per heavy atom. The molecule has 7 nitrogen and oxygen atoms in total. The zero-order chi connectivity index (χ0) is 28.4. The Bertz CT molecular complexity index is 1010. The van der Waals surface area contributed by atoms with Crippen molar-refractivity contribution in [1.29, 1.82) is 0 Å². The molecule has 2 amide bonds. The van der Waals surface area contributed by atoms with Crippen molar-refractivity contribution in [2.45, 2.75) is 90.6 Å². The Balaban J connectivity index is 2.45. The molecule has 0 aliphatic carbocycles. The SMILES string of the molecule is CCC[C@H](NC(=O)OC(C)(C)C)[Si](CCC(=O)NCC(=O)OC(C)(C)C)(c1ccccc1)c1ccccc1. The number of carbonyl (C=O) groups is 3. The third-order valence-corrected chi connectivity index (χ3v) is 11.4. The highest BCUT2D eigenvalue weighted by atomic mass is 28.3. The summed E-state index contributed by atoms with van der Waals surface area (Å²) >= 11 is 0. The average Bonchev–Trinajstić information content (AvgIpc) is 2.82. The fourth-order valence-corrected chi connectivity index (χ4v) is 10.0. The number of hydrogen-bond donors (Lipinski definition) is 2. The van der Waals surface area contributed by atoms with Crippen molar-refractivity contribution in [2.75, 3.05) is 6.54 Å². The number of alkyl carbamates (subject to hydrolysis) is 1. The van der Waals surface area contributed by atoms with Crippen LogP contribution >= 0.6 is 0 Å². The summed E-state index contributed by atoms with van der Waals surface area (Å²) in [6, 6.07) is 20.9. The molecule has 2 aromatic carbocycles. The van der Waals surface area contributed by atoms with E-state index in [1.807, 2.05) is 57.2 Å². The smallest absolute Gasteiger partial charge is 0.407 e. The van der Waals surface area contributed by atoms with E-state index in [2.05, 4.69) is 41.8 Å². The van der Waals surface area contributed by atoms with Crippen LogP contribution in [0.25, 0.3) is 0 Å². The Morgan fingerprint density at radius 2 is 1.32 bits per heavy atom. The van der Waals surface area contributed by atoms with Crippen LogP contribution in [0.15, 0.2) is 60.7 Å². The first-order valence-electron chi connectivity index (χ1n) is 13.4. The summed E-state index contributed by atoms with van der Waals surface area (Å²) < 4.78 is 11.0. The van der Waals surface area contributed by atoms with Crippen molar-refractivity contribution >= 4 is 36.4 Å². The van der Waals surface area contributed by atoms with Crippen LogP contribution in [0.2, 0.25) is 6.04 Å². The van der Waals surface area contributed by atoms with Gasteiger partial charge in [-0.05, 0) is 54.0 Å². The van der Waals surface area contributed by atoms with Gasteiger partial charge in [0.1, 0.15) is 25.8 Å². The van der Waals surface area contributed by atoms with E-state index in [9.17, 15) is 14.4 Å². The van der Waals surface area contributed by atoms with Crippen LogP contribution < -0.4 is 21.0 Å². The molecule has 208 valence electrons. The van der Waals surface area contributed by atoms with Gasteiger partial charge in [0.2, 0.25) is 5.91 Å². The van der Waals surface area contributed by atoms with Crippen LogP contribution in [-0.2, 0) is 19.1 Å². The quantitative estimate of drug-likeness (QED) is 0.327. The number of carbonyl (C=O) groups excluding carboxylic acids is 3. The minimum absolute atomic E-state index is 0.185. The molecule has 0 saturated heterocycles. The van der Waals surface area contributed by atoms with E-state index in [0.717, 1.165) is 23.2 Å². The van der Waals surface area contributed by atoms with Crippen molar-refractivity contribution in [3.63, 3.8) is 0 Å². The summed E-state index contributed by atoms with van der Waals surface area (Å²) in [5.41, 5.74) is -1.47. The minimum atomic E-state index is -2.78. The molecule has 0 aromatic heterocycles. The van der Waals surface area contributed by atoms with E-state index in [-0.39, 0.29) is 24.5 Å². The first kappa shape index (κ1) is 31.1. The maximum absolute atomic E-state index is 13.0. The van der Waals surface area contributed by atoms with Crippen LogP contribution in [0.1, 0.15) is 67.7 Å². The molecule has 2 rings (SSSR count). The van der Waals surface area contributed by atoms with Crippen molar-refractivity contribution in [3.8, 4) is 0 Å². The standard InChI is InChI=1S/C30H44N2O5Si/c1-8-15-26(32-28(35)37-30(5,6)7)38(23-16-11-9-12-17-23,24-18-13-10-14-19-24)21-20-25(33)31-22-27(34)36-29(2,3)4/h9-14,16-19,26H,8,15,20-22H2,1-7H3,(H,31,33)(H,32,35)/t26-/m1/s1. The molecular weight excluding hydrogens is 496 g/mol. The predicted molar refractivity (Wildman–Crippen MR) is 154 cm³/mol. The summed E-state index contributed by atoms with van der Waals surface area (Å²) in [4.78, 5) is 38.2. The number of hydrogen-bond acceptors (Lipinski definition) is 5. The van der Waals surface area contributed by atoms with Crippen molar-refractivity contribution in [1.82, 2.24) is 10.6 Å². The number of nitrogens with one attached hydrogen (secondary N) is 2. The lowest BCUT2D eigenvalue weighted by Gasteiger charge is -2.40. The first-order chi connectivity index (χ1) is 17.8. The van der Waals surface area contributed by atoms with Crippen molar-refractivity contribution in [2.24, 2.45) is 0 Å². The van der Waals surface area contributed by atoms with Gasteiger partial charge in [-0.1, -0.05) is 84.4 Å². The molecule has 0 heterocycles. The van der Waals surface area contributed by atoms with Gasteiger partial charge in [0.15, 0.2) is 0 Å². The van der Waals surface area contributed by atoms with Crippen molar-refractivity contribution in [3.05, 3.63) is 60.7 Å². The van der Waals surface area contributed by atoms with Crippen molar-refractivity contribution < 1.29 is 23.9 Å². The Labute approximate surface area is 228 Å². The lowest BCUT2D eigenvalue weighted by molar-refractivity contribution is -0.154. The van der Waals surface area contributed by atoms with Crippen LogP contribution in [-0.4, -0.2) is 49.5 Å². The van der Waals surface area contributed by atoms with E-state index in [1.165, 1.54) is 0 Å². The lowest BCUT2D eigenvalue weighted by atomic mass is 10.2. The van der Waals surface area contributed by atoms with Gasteiger partial charge < -0.3 is 20.1 Å². The van der Waals surface area contributed by atoms with Gasteiger partial charge in [-0.2, -0.15) is 0 Å². The predicted octanol–water partition coefficient (Wildman–Crippen LogP) is 4.33. The van der Waals surface area contributed by atoms with E-state index < -0.39 is 31.3 Å². The molecular formula is C30H44N2O5Si.